The minimum absolute atomic E-state index is 0.102. The molecule has 0 amide bonds. The van der Waals surface area contributed by atoms with Gasteiger partial charge in [0.1, 0.15) is 0 Å². The topological polar surface area (TPSA) is 98.2 Å². The highest BCUT2D eigenvalue weighted by molar-refractivity contribution is 7.91. The van der Waals surface area contributed by atoms with Crippen molar-refractivity contribution in [1.29, 1.82) is 0 Å². The molecule has 0 spiro atoms. The maximum absolute atomic E-state index is 11.6. The average molecular weight is 297 g/mol. The van der Waals surface area contributed by atoms with E-state index < -0.39 is 9.84 Å². The van der Waals surface area contributed by atoms with Crippen molar-refractivity contribution in [2.24, 2.45) is 0 Å². The molecule has 1 unspecified atom stereocenters. The molecule has 2 aromatic rings. The van der Waals surface area contributed by atoms with Gasteiger partial charge in [0.2, 0.25) is 11.7 Å². The van der Waals surface area contributed by atoms with Crippen LogP contribution in [0.3, 0.4) is 0 Å². The molecule has 0 radical (unpaired) electrons. The number of rotatable bonds is 3. The second-order valence-electron chi connectivity index (χ2n) is 4.91. The fourth-order valence-electron chi connectivity index (χ4n) is 2.24. The van der Waals surface area contributed by atoms with Crippen LogP contribution in [0.1, 0.15) is 11.5 Å². The van der Waals surface area contributed by atoms with E-state index in [0.717, 1.165) is 5.56 Å². The second-order valence-corrected chi connectivity index (χ2v) is 7.14. The summed E-state index contributed by atoms with van der Waals surface area (Å²) in [6, 6.07) is 1.64. The third-order valence-corrected chi connectivity index (χ3v) is 4.99. The summed E-state index contributed by atoms with van der Waals surface area (Å²) in [5.74, 6) is 1.66. The Hall–Kier alpha value is -1.67. The fourth-order valence-corrected chi connectivity index (χ4v) is 3.69. The number of hydrogen-bond acceptors (Lipinski definition) is 7. The number of sulfone groups is 1. The minimum atomic E-state index is -2.97. The molecule has 7 nitrogen and oxygen atoms in total. The normalized spacial score (nSPS) is 21.9. The Morgan fingerprint density at radius 3 is 3.05 bits per heavy atom. The summed E-state index contributed by atoms with van der Waals surface area (Å²) < 4.78 is 33.6. The Bertz CT molecular complexity index is 704. The number of nitrogens with one attached hydrogen (secondary N) is 1. The predicted molar refractivity (Wildman–Crippen MR) is 70.9 cm³/mol. The molecule has 1 aliphatic heterocycles. The Morgan fingerprint density at radius 1 is 1.50 bits per heavy atom. The van der Waals surface area contributed by atoms with Gasteiger partial charge in [0.05, 0.1) is 17.8 Å². The van der Waals surface area contributed by atoms with Crippen LogP contribution in [0.2, 0.25) is 0 Å². The highest BCUT2D eigenvalue weighted by Crippen LogP contribution is 2.21. The Kier molecular flexibility index (Phi) is 3.35. The van der Waals surface area contributed by atoms with Crippen molar-refractivity contribution in [2.75, 3.05) is 18.1 Å². The highest BCUT2D eigenvalue weighted by Gasteiger charge is 2.26. The summed E-state index contributed by atoms with van der Waals surface area (Å²) in [5, 5.41) is 7.01. The van der Waals surface area contributed by atoms with Gasteiger partial charge in [0, 0.05) is 19.0 Å². The lowest BCUT2D eigenvalue weighted by atomic mass is 10.2. The van der Waals surface area contributed by atoms with Crippen molar-refractivity contribution in [3.05, 3.63) is 23.8 Å². The molecule has 2 aromatic heterocycles. The second kappa shape index (κ2) is 5.02. The third kappa shape index (κ3) is 2.75. The highest BCUT2D eigenvalue weighted by atomic mass is 32.2. The molecule has 1 aliphatic rings. The van der Waals surface area contributed by atoms with Gasteiger partial charge in [-0.05, 0) is 18.6 Å². The standard InChI is InChI=1S/C12H15N3O4S/c1-8-2-4-18-11(8)12-14-10(19-15-12)6-9-7-20(16,17)5-3-13-9/h2,4,9,13H,3,5-7H2,1H3. The van der Waals surface area contributed by atoms with E-state index in [0.29, 0.717) is 30.4 Å². The molecule has 0 saturated carbocycles. The molecule has 3 heterocycles. The van der Waals surface area contributed by atoms with Crippen LogP contribution in [0.5, 0.6) is 0 Å². The van der Waals surface area contributed by atoms with Crippen LogP contribution in [0.4, 0.5) is 0 Å². The minimum Gasteiger partial charge on any atom is -0.461 e. The Labute approximate surface area is 116 Å². The molecule has 3 rings (SSSR count). The van der Waals surface area contributed by atoms with Crippen molar-refractivity contribution < 1.29 is 17.4 Å². The summed E-state index contributed by atoms with van der Waals surface area (Å²) in [6.45, 7) is 2.36. The molecule has 1 saturated heterocycles. The quantitative estimate of drug-likeness (QED) is 0.884. The van der Waals surface area contributed by atoms with E-state index in [1.165, 1.54) is 0 Å². The largest absolute Gasteiger partial charge is 0.461 e. The molecule has 8 heteroatoms. The maximum atomic E-state index is 11.6. The maximum Gasteiger partial charge on any atom is 0.238 e. The van der Waals surface area contributed by atoms with Gasteiger partial charge in [0.25, 0.3) is 0 Å². The number of aryl methyl sites for hydroxylation is 1. The lowest BCUT2D eigenvalue weighted by molar-refractivity contribution is 0.360. The SMILES string of the molecule is Cc1ccoc1-c1noc(CC2CS(=O)(=O)CCN2)n1. The molecule has 0 aromatic carbocycles. The molecule has 1 N–H and O–H groups in total. The monoisotopic (exact) mass is 297 g/mol. The van der Waals surface area contributed by atoms with Gasteiger partial charge < -0.3 is 14.3 Å². The van der Waals surface area contributed by atoms with Crippen LogP contribution in [0.25, 0.3) is 11.6 Å². The van der Waals surface area contributed by atoms with E-state index in [2.05, 4.69) is 15.5 Å². The number of furan rings is 1. The average Bonchev–Trinajstić information content (AvgIpc) is 2.96. The first-order valence-corrected chi connectivity index (χ1v) is 8.16. The summed E-state index contributed by atoms with van der Waals surface area (Å²) in [4.78, 5) is 4.25. The van der Waals surface area contributed by atoms with Crippen molar-refractivity contribution in [2.45, 2.75) is 19.4 Å². The van der Waals surface area contributed by atoms with Crippen LogP contribution in [-0.2, 0) is 16.3 Å². The Morgan fingerprint density at radius 2 is 2.35 bits per heavy atom. The number of aromatic nitrogens is 2. The van der Waals surface area contributed by atoms with Gasteiger partial charge in [-0.15, -0.1) is 0 Å². The van der Waals surface area contributed by atoms with Crippen molar-refractivity contribution in [1.82, 2.24) is 15.5 Å². The smallest absolute Gasteiger partial charge is 0.238 e. The van der Waals surface area contributed by atoms with Gasteiger partial charge in [-0.2, -0.15) is 4.98 Å². The third-order valence-electron chi connectivity index (χ3n) is 3.26. The van der Waals surface area contributed by atoms with Crippen LogP contribution in [0.15, 0.2) is 21.3 Å². The number of nitrogens with zero attached hydrogens (tertiary/aromatic N) is 2. The van der Waals surface area contributed by atoms with E-state index in [9.17, 15) is 8.42 Å². The van der Waals surface area contributed by atoms with Crippen molar-refractivity contribution in [3.63, 3.8) is 0 Å². The van der Waals surface area contributed by atoms with E-state index in [-0.39, 0.29) is 17.5 Å². The molecule has 0 bridgehead atoms. The van der Waals surface area contributed by atoms with Crippen LogP contribution in [-0.4, -0.2) is 42.7 Å². The van der Waals surface area contributed by atoms with Crippen molar-refractivity contribution >= 4 is 9.84 Å². The van der Waals surface area contributed by atoms with Crippen LogP contribution in [0, 0.1) is 6.92 Å². The van der Waals surface area contributed by atoms with Crippen LogP contribution >= 0.6 is 0 Å². The fraction of sp³-hybridized carbons (Fsp3) is 0.500. The van der Waals surface area contributed by atoms with E-state index in [4.69, 9.17) is 8.94 Å². The summed E-state index contributed by atoms with van der Waals surface area (Å²) >= 11 is 0. The molecular weight excluding hydrogens is 282 g/mol. The molecule has 108 valence electrons. The number of hydrogen-bond donors (Lipinski definition) is 1. The first-order chi connectivity index (χ1) is 9.53. The Balaban J connectivity index is 1.73. The molecule has 0 aliphatic carbocycles. The van der Waals surface area contributed by atoms with E-state index in [1.54, 1.807) is 6.26 Å². The summed E-state index contributed by atoms with van der Waals surface area (Å²) in [7, 11) is -2.97. The van der Waals surface area contributed by atoms with Gasteiger partial charge in [-0.1, -0.05) is 5.16 Å². The first-order valence-electron chi connectivity index (χ1n) is 6.34. The lowest BCUT2D eigenvalue weighted by Crippen LogP contribution is -2.46. The van der Waals surface area contributed by atoms with Gasteiger partial charge in [0.15, 0.2) is 15.6 Å². The lowest BCUT2D eigenvalue weighted by Gasteiger charge is -2.21. The molecule has 20 heavy (non-hydrogen) atoms. The summed E-state index contributed by atoms with van der Waals surface area (Å²) in [5.41, 5.74) is 0.927. The molecular formula is C12H15N3O4S. The summed E-state index contributed by atoms with van der Waals surface area (Å²) in [6.07, 6.45) is 1.96. The zero-order chi connectivity index (χ0) is 14.2. The van der Waals surface area contributed by atoms with E-state index in [1.807, 2.05) is 13.0 Å². The van der Waals surface area contributed by atoms with Crippen molar-refractivity contribution in [3.8, 4) is 11.6 Å². The van der Waals surface area contributed by atoms with Gasteiger partial charge >= 0.3 is 0 Å². The molecule has 1 fully saturated rings. The van der Waals surface area contributed by atoms with Gasteiger partial charge in [-0.3, -0.25) is 0 Å². The van der Waals surface area contributed by atoms with E-state index >= 15 is 0 Å². The predicted octanol–water partition coefficient (Wildman–Crippen LogP) is 0.567. The zero-order valence-corrected chi connectivity index (χ0v) is 11.8. The molecule has 1 atom stereocenters. The van der Waals surface area contributed by atoms with Gasteiger partial charge in [-0.25, -0.2) is 8.42 Å². The first kappa shape index (κ1) is 13.3. The van der Waals surface area contributed by atoms with Crippen LogP contribution < -0.4 is 5.32 Å². The zero-order valence-electron chi connectivity index (χ0n) is 11.0.